The van der Waals surface area contributed by atoms with Crippen molar-refractivity contribution in [3.05, 3.63) is 4.88 Å². The minimum atomic E-state index is -0.138. The number of nitrogen functional groups attached to an aromatic ring is 1. The SMILES string of the molecule is CCCN(C)c1nc(N)c(C(=O)NC(C)C2CCOC2)s1. The van der Waals surface area contributed by atoms with Crippen LogP contribution in [0.2, 0.25) is 0 Å². The molecule has 1 aliphatic rings. The van der Waals surface area contributed by atoms with E-state index in [2.05, 4.69) is 17.2 Å². The molecule has 1 aliphatic heterocycles. The van der Waals surface area contributed by atoms with Crippen LogP contribution in [0.15, 0.2) is 0 Å². The zero-order chi connectivity index (χ0) is 15.4. The lowest BCUT2D eigenvalue weighted by molar-refractivity contribution is 0.0927. The third-order valence-corrected chi connectivity index (χ3v) is 4.95. The Bertz CT molecular complexity index is 485. The Morgan fingerprint density at radius 2 is 2.43 bits per heavy atom. The summed E-state index contributed by atoms with van der Waals surface area (Å²) in [5.74, 6) is 0.552. The summed E-state index contributed by atoms with van der Waals surface area (Å²) in [4.78, 5) is 19.2. The molecule has 3 N–H and O–H groups in total. The van der Waals surface area contributed by atoms with E-state index in [1.807, 2.05) is 18.9 Å². The van der Waals surface area contributed by atoms with Crippen molar-refractivity contribution >= 4 is 28.2 Å². The molecule has 0 spiro atoms. The molecule has 6 nitrogen and oxygen atoms in total. The number of anilines is 2. The fraction of sp³-hybridized carbons (Fsp3) is 0.714. The van der Waals surface area contributed by atoms with Gasteiger partial charge in [0, 0.05) is 32.2 Å². The van der Waals surface area contributed by atoms with E-state index in [1.54, 1.807) is 0 Å². The van der Waals surface area contributed by atoms with Crippen LogP contribution in [0.25, 0.3) is 0 Å². The first-order valence-corrected chi connectivity index (χ1v) is 8.20. The number of nitrogens with zero attached hydrogens (tertiary/aromatic N) is 2. The van der Waals surface area contributed by atoms with Crippen LogP contribution in [0, 0.1) is 5.92 Å². The lowest BCUT2D eigenvalue weighted by Crippen LogP contribution is -2.38. The van der Waals surface area contributed by atoms with Gasteiger partial charge in [0.15, 0.2) is 5.13 Å². The lowest BCUT2D eigenvalue weighted by atomic mass is 10.0. The third kappa shape index (κ3) is 3.85. The monoisotopic (exact) mass is 312 g/mol. The molecule has 0 radical (unpaired) electrons. The summed E-state index contributed by atoms with van der Waals surface area (Å²) in [6.07, 6.45) is 2.01. The van der Waals surface area contributed by atoms with Crippen LogP contribution < -0.4 is 16.0 Å². The Morgan fingerprint density at radius 3 is 3.05 bits per heavy atom. The highest BCUT2D eigenvalue weighted by Crippen LogP contribution is 2.28. The average Bonchev–Trinajstić information content (AvgIpc) is 3.07. The highest BCUT2D eigenvalue weighted by atomic mass is 32.1. The second-order valence-electron chi connectivity index (χ2n) is 5.52. The number of hydrogen-bond acceptors (Lipinski definition) is 6. The molecule has 1 fully saturated rings. The van der Waals surface area contributed by atoms with Gasteiger partial charge in [-0.25, -0.2) is 4.98 Å². The standard InChI is InChI=1S/C14H24N4O2S/c1-4-6-18(3)14-17-12(15)11(21-14)13(19)16-9(2)10-5-7-20-8-10/h9-10H,4-8,15H2,1-3H3,(H,16,19). The molecule has 1 amide bonds. The number of rotatable bonds is 6. The van der Waals surface area contributed by atoms with E-state index in [0.29, 0.717) is 23.2 Å². The van der Waals surface area contributed by atoms with Crippen LogP contribution in [0.3, 0.4) is 0 Å². The van der Waals surface area contributed by atoms with E-state index >= 15 is 0 Å². The lowest BCUT2D eigenvalue weighted by Gasteiger charge is -2.18. The Labute approximate surface area is 129 Å². The van der Waals surface area contributed by atoms with Crippen molar-refractivity contribution in [3.8, 4) is 0 Å². The topological polar surface area (TPSA) is 80.5 Å². The largest absolute Gasteiger partial charge is 0.382 e. The molecule has 2 rings (SSSR count). The first kappa shape index (κ1) is 16.0. The van der Waals surface area contributed by atoms with Crippen molar-refractivity contribution in [1.29, 1.82) is 0 Å². The van der Waals surface area contributed by atoms with Gasteiger partial charge < -0.3 is 20.7 Å². The van der Waals surface area contributed by atoms with E-state index in [4.69, 9.17) is 10.5 Å². The smallest absolute Gasteiger partial charge is 0.265 e. The molecule has 2 unspecified atom stereocenters. The van der Waals surface area contributed by atoms with Crippen molar-refractivity contribution in [2.45, 2.75) is 32.7 Å². The van der Waals surface area contributed by atoms with Gasteiger partial charge in [0.1, 0.15) is 10.7 Å². The van der Waals surface area contributed by atoms with Crippen LogP contribution in [0.4, 0.5) is 10.9 Å². The van der Waals surface area contributed by atoms with Gasteiger partial charge in [-0.2, -0.15) is 0 Å². The van der Waals surface area contributed by atoms with Gasteiger partial charge in [-0.3, -0.25) is 4.79 Å². The van der Waals surface area contributed by atoms with Gasteiger partial charge in [-0.15, -0.1) is 0 Å². The minimum Gasteiger partial charge on any atom is -0.382 e. The molecule has 0 saturated carbocycles. The van der Waals surface area contributed by atoms with Gasteiger partial charge >= 0.3 is 0 Å². The predicted molar refractivity (Wildman–Crippen MR) is 85.9 cm³/mol. The maximum absolute atomic E-state index is 12.3. The number of thiazole rings is 1. The minimum absolute atomic E-state index is 0.0818. The van der Waals surface area contributed by atoms with Gasteiger partial charge in [0.05, 0.1) is 6.61 Å². The van der Waals surface area contributed by atoms with E-state index < -0.39 is 0 Å². The first-order chi connectivity index (χ1) is 10.0. The maximum atomic E-state index is 12.3. The van der Waals surface area contributed by atoms with Crippen molar-refractivity contribution in [2.75, 3.05) is 37.4 Å². The summed E-state index contributed by atoms with van der Waals surface area (Å²) >= 11 is 1.35. The van der Waals surface area contributed by atoms with E-state index in [-0.39, 0.29) is 11.9 Å². The fourth-order valence-corrected chi connectivity index (χ4v) is 3.29. The normalized spacial score (nSPS) is 19.5. The number of nitrogens with two attached hydrogens (primary N) is 1. The molecule has 1 aromatic rings. The van der Waals surface area contributed by atoms with Crippen LogP contribution in [-0.4, -0.2) is 43.7 Å². The van der Waals surface area contributed by atoms with Crippen molar-refractivity contribution in [2.24, 2.45) is 5.92 Å². The number of amides is 1. The average molecular weight is 312 g/mol. The first-order valence-electron chi connectivity index (χ1n) is 7.39. The van der Waals surface area contributed by atoms with Gasteiger partial charge in [-0.1, -0.05) is 18.3 Å². The molecule has 0 aromatic carbocycles. The number of carbonyl (C=O) groups excluding carboxylic acids is 1. The molecule has 21 heavy (non-hydrogen) atoms. The third-order valence-electron chi connectivity index (χ3n) is 3.76. The van der Waals surface area contributed by atoms with Crippen molar-refractivity contribution in [3.63, 3.8) is 0 Å². The zero-order valence-electron chi connectivity index (χ0n) is 12.9. The highest BCUT2D eigenvalue weighted by Gasteiger charge is 2.26. The summed E-state index contributed by atoms with van der Waals surface area (Å²) < 4.78 is 5.36. The Morgan fingerprint density at radius 1 is 1.67 bits per heavy atom. The molecule has 118 valence electrons. The van der Waals surface area contributed by atoms with E-state index in [1.165, 1.54) is 11.3 Å². The molecule has 2 heterocycles. The van der Waals surface area contributed by atoms with E-state index in [0.717, 1.165) is 31.1 Å². The molecule has 2 atom stereocenters. The molecular formula is C14H24N4O2S. The molecule has 0 bridgehead atoms. The summed E-state index contributed by atoms with van der Waals surface area (Å²) in [7, 11) is 1.96. The number of carbonyl (C=O) groups is 1. The van der Waals surface area contributed by atoms with Crippen molar-refractivity contribution in [1.82, 2.24) is 10.3 Å². The molecule has 1 aromatic heterocycles. The number of hydrogen-bond donors (Lipinski definition) is 2. The Hall–Kier alpha value is -1.34. The van der Waals surface area contributed by atoms with Crippen LogP contribution in [0.1, 0.15) is 36.4 Å². The molecular weight excluding hydrogens is 288 g/mol. The quantitative estimate of drug-likeness (QED) is 0.836. The summed E-state index contributed by atoms with van der Waals surface area (Å²) in [5.41, 5.74) is 5.89. The molecule has 1 saturated heterocycles. The summed E-state index contributed by atoms with van der Waals surface area (Å²) in [6.45, 7) is 6.50. The zero-order valence-corrected chi connectivity index (χ0v) is 13.7. The number of nitrogens with one attached hydrogen (secondary N) is 1. The maximum Gasteiger partial charge on any atom is 0.265 e. The highest BCUT2D eigenvalue weighted by molar-refractivity contribution is 7.18. The Balaban J connectivity index is 2.01. The summed E-state index contributed by atoms with van der Waals surface area (Å²) in [5, 5.41) is 3.80. The number of ether oxygens (including phenoxy) is 1. The predicted octanol–water partition coefficient (Wildman–Crippen LogP) is 1.73. The second-order valence-corrected chi connectivity index (χ2v) is 6.50. The van der Waals surface area contributed by atoms with E-state index in [9.17, 15) is 4.79 Å². The van der Waals surface area contributed by atoms with Gasteiger partial charge in [0.2, 0.25) is 0 Å². The Kier molecular flexibility index (Phi) is 5.41. The number of aromatic nitrogens is 1. The fourth-order valence-electron chi connectivity index (χ4n) is 2.41. The van der Waals surface area contributed by atoms with Gasteiger partial charge in [-0.05, 0) is 19.8 Å². The van der Waals surface area contributed by atoms with Gasteiger partial charge in [0.25, 0.3) is 5.91 Å². The second kappa shape index (κ2) is 7.09. The van der Waals surface area contributed by atoms with Crippen LogP contribution in [0.5, 0.6) is 0 Å². The summed E-state index contributed by atoms with van der Waals surface area (Å²) in [6, 6.07) is 0.0818. The van der Waals surface area contributed by atoms with Crippen LogP contribution >= 0.6 is 11.3 Å². The molecule has 0 aliphatic carbocycles. The molecule has 7 heteroatoms. The van der Waals surface area contributed by atoms with Crippen LogP contribution in [-0.2, 0) is 4.74 Å². The van der Waals surface area contributed by atoms with Crippen molar-refractivity contribution < 1.29 is 9.53 Å².